The first-order valence-electron chi connectivity index (χ1n) is 8.72. The second-order valence-electron chi connectivity index (χ2n) is 6.26. The van der Waals surface area contributed by atoms with E-state index in [1.807, 2.05) is 61.5 Å². The molecule has 3 rings (SSSR count). The number of primary amides is 1. The maximum absolute atomic E-state index is 12.9. The highest BCUT2D eigenvalue weighted by molar-refractivity contribution is 7.96. The van der Waals surface area contributed by atoms with E-state index in [4.69, 9.17) is 5.73 Å². The fourth-order valence-corrected chi connectivity index (χ4v) is 8.09. The van der Waals surface area contributed by atoms with Crippen LogP contribution < -0.4 is 50.9 Å². The Morgan fingerprint density at radius 1 is 0.750 bits per heavy atom. The zero-order valence-corrected chi connectivity index (χ0v) is 18.5. The summed E-state index contributed by atoms with van der Waals surface area (Å²) in [5.41, 5.74) is 4.76. The molecule has 3 amide bonds. The molecule has 0 fully saturated rings. The number of rotatable bonds is 5. The fraction of sp³-hybridized carbons (Fsp3) is 0.0909. The first kappa shape index (κ1) is 22.1. The summed E-state index contributed by atoms with van der Waals surface area (Å²) in [4.78, 5) is 24.3. The van der Waals surface area contributed by atoms with Crippen LogP contribution in [0.1, 0.15) is 6.92 Å². The Balaban J connectivity index is 0.00000280. The molecule has 0 aliphatic rings. The van der Waals surface area contributed by atoms with Gasteiger partial charge in [0.25, 0.3) is 5.91 Å². The Morgan fingerprint density at radius 2 is 1.07 bits per heavy atom. The van der Waals surface area contributed by atoms with Crippen molar-refractivity contribution in [2.45, 2.75) is 12.6 Å². The number of amides is 3. The molecule has 1 atom stereocenters. The first-order chi connectivity index (χ1) is 13.1. The molecule has 0 aromatic heterocycles. The predicted octanol–water partition coefficient (Wildman–Crippen LogP) is -0.432. The molecule has 3 N–H and O–H groups in total. The van der Waals surface area contributed by atoms with E-state index in [0.29, 0.717) is 0 Å². The zero-order chi connectivity index (χ0) is 19.3. The number of nitrogens with two attached hydrogens (primary N) is 1. The average molecular weight is 504 g/mol. The Kier molecular flexibility index (Phi) is 7.72. The van der Waals surface area contributed by atoms with Crippen molar-refractivity contribution in [3.63, 3.8) is 0 Å². The van der Waals surface area contributed by atoms with Gasteiger partial charge in [0.15, 0.2) is 5.66 Å². The Morgan fingerprint density at radius 3 is 1.36 bits per heavy atom. The highest BCUT2D eigenvalue weighted by Gasteiger charge is 2.53. The molecule has 28 heavy (non-hydrogen) atoms. The number of urea groups is 1. The zero-order valence-electron chi connectivity index (χ0n) is 15.5. The van der Waals surface area contributed by atoms with Crippen molar-refractivity contribution in [1.82, 2.24) is 5.32 Å². The lowest BCUT2D eigenvalue weighted by molar-refractivity contribution is -0.119. The van der Waals surface area contributed by atoms with Crippen molar-refractivity contribution >= 4 is 35.1 Å². The lowest BCUT2D eigenvalue weighted by atomic mass is 10.3. The van der Waals surface area contributed by atoms with Gasteiger partial charge in [-0.1, -0.05) is 54.6 Å². The molecule has 144 valence electrons. The smallest absolute Gasteiger partial charge is 0.318 e. The van der Waals surface area contributed by atoms with Gasteiger partial charge >= 0.3 is 6.03 Å². The van der Waals surface area contributed by atoms with Crippen LogP contribution in [0.3, 0.4) is 0 Å². The van der Waals surface area contributed by atoms with Crippen LogP contribution >= 0.6 is 7.26 Å². The van der Waals surface area contributed by atoms with E-state index in [9.17, 15) is 9.59 Å². The summed E-state index contributed by atoms with van der Waals surface area (Å²) in [6.45, 7) is 1.87. The van der Waals surface area contributed by atoms with Gasteiger partial charge in [0.2, 0.25) is 0 Å². The van der Waals surface area contributed by atoms with Gasteiger partial charge in [0.1, 0.15) is 23.2 Å². The summed E-state index contributed by atoms with van der Waals surface area (Å²) in [6.07, 6.45) is 0. The Bertz CT molecular complexity index is 824. The normalized spacial score (nSPS) is 11.8. The second kappa shape index (κ2) is 9.80. The van der Waals surface area contributed by atoms with E-state index >= 15 is 0 Å². The van der Waals surface area contributed by atoms with E-state index in [1.165, 1.54) is 0 Å². The van der Waals surface area contributed by atoms with Gasteiger partial charge in [0.05, 0.1) is 0 Å². The van der Waals surface area contributed by atoms with E-state index in [0.717, 1.165) is 15.9 Å². The molecule has 0 saturated carbocycles. The number of imide groups is 1. The van der Waals surface area contributed by atoms with Crippen LogP contribution in [0.15, 0.2) is 91.0 Å². The quantitative estimate of drug-likeness (QED) is 0.366. The lowest BCUT2D eigenvalue weighted by Gasteiger charge is -2.31. The average Bonchev–Trinajstić information content (AvgIpc) is 2.70. The van der Waals surface area contributed by atoms with Gasteiger partial charge in [0, 0.05) is 0 Å². The summed E-state index contributed by atoms with van der Waals surface area (Å²) < 4.78 is 0. The second-order valence-corrected chi connectivity index (χ2v) is 10.0. The largest absolute Gasteiger partial charge is 1.00 e. The molecule has 6 heteroatoms. The molecule has 3 aromatic rings. The van der Waals surface area contributed by atoms with Gasteiger partial charge in [-0.3, -0.25) is 10.1 Å². The van der Waals surface area contributed by atoms with E-state index in [1.54, 1.807) is 0 Å². The van der Waals surface area contributed by atoms with Crippen molar-refractivity contribution in [2.75, 3.05) is 0 Å². The molecule has 0 aliphatic heterocycles. The SMILES string of the molecule is CC(C(=O)NC(N)=O)[P+](c1ccccc1)(c1ccccc1)c1ccccc1.[I-]. The fourth-order valence-electron chi connectivity index (χ4n) is 3.51. The maximum Gasteiger partial charge on any atom is 0.318 e. The number of benzene rings is 3. The molecule has 0 saturated heterocycles. The molecule has 0 bridgehead atoms. The topological polar surface area (TPSA) is 72.2 Å². The van der Waals surface area contributed by atoms with Crippen molar-refractivity contribution in [2.24, 2.45) is 5.73 Å². The van der Waals surface area contributed by atoms with E-state index < -0.39 is 19.0 Å². The standard InChI is InChI=1S/C22H21N2O2P.HI/c1-17(21(25)24-22(23)26)27(18-11-5-2-6-12-18,19-13-7-3-8-14-19)20-15-9-4-10-16-20;/h2-17H,1H3,(H2-,23,24,25,26);1H. The number of nitrogens with one attached hydrogen (secondary N) is 1. The third-order valence-corrected chi connectivity index (χ3v) is 9.43. The van der Waals surface area contributed by atoms with Crippen LogP contribution in [0.2, 0.25) is 0 Å². The molecule has 1 unspecified atom stereocenters. The van der Waals surface area contributed by atoms with Crippen molar-refractivity contribution in [3.05, 3.63) is 91.0 Å². The van der Waals surface area contributed by atoms with Crippen LogP contribution in [0, 0.1) is 0 Å². The molecule has 4 nitrogen and oxygen atoms in total. The Labute approximate surface area is 182 Å². The molecule has 0 heterocycles. The predicted molar refractivity (Wildman–Crippen MR) is 112 cm³/mol. The first-order valence-corrected chi connectivity index (χ1v) is 10.6. The van der Waals surface area contributed by atoms with Gasteiger partial charge < -0.3 is 29.7 Å². The van der Waals surface area contributed by atoms with Crippen molar-refractivity contribution in [3.8, 4) is 0 Å². The van der Waals surface area contributed by atoms with Crippen LogP contribution in [0.5, 0.6) is 0 Å². The summed E-state index contributed by atoms with van der Waals surface area (Å²) in [7, 11) is -2.38. The van der Waals surface area contributed by atoms with Gasteiger partial charge in [-0.2, -0.15) is 0 Å². The van der Waals surface area contributed by atoms with Crippen LogP contribution in [0.4, 0.5) is 4.79 Å². The Hall–Kier alpha value is -2.24. The van der Waals surface area contributed by atoms with E-state index in [2.05, 4.69) is 41.7 Å². The number of carbonyl (C=O) groups excluding carboxylic acids is 2. The minimum Gasteiger partial charge on any atom is -1.00 e. The highest BCUT2D eigenvalue weighted by atomic mass is 127. The number of carbonyl (C=O) groups is 2. The number of hydrogen-bond acceptors (Lipinski definition) is 2. The summed E-state index contributed by atoms with van der Waals surface area (Å²) in [5, 5.41) is 5.52. The molecule has 0 radical (unpaired) electrons. The van der Waals surface area contributed by atoms with E-state index in [-0.39, 0.29) is 29.9 Å². The van der Waals surface area contributed by atoms with Gasteiger partial charge in [-0.25, -0.2) is 4.79 Å². The monoisotopic (exact) mass is 504 g/mol. The lowest BCUT2D eigenvalue weighted by Crippen LogP contribution is -3.00. The van der Waals surface area contributed by atoms with Crippen LogP contribution in [-0.4, -0.2) is 17.6 Å². The minimum absolute atomic E-state index is 0. The third-order valence-electron chi connectivity index (χ3n) is 4.70. The maximum atomic E-state index is 12.9. The molecular weight excluding hydrogens is 482 g/mol. The van der Waals surface area contributed by atoms with Crippen LogP contribution in [-0.2, 0) is 4.79 Å². The molecule has 0 spiro atoms. The molecular formula is C22H22IN2O2P. The van der Waals surface area contributed by atoms with Crippen LogP contribution in [0.25, 0.3) is 0 Å². The van der Waals surface area contributed by atoms with Crippen molar-refractivity contribution < 1.29 is 33.6 Å². The summed E-state index contributed by atoms with van der Waals surface area (Å²) in [6, 6.07) is 29.3. The van der Waals surface area contributed by atoms with Gasteiger partial charge in [-0.05, 0) is 43.3 Å². The third kappa shape index (κ3) is 4.26. The summed E-state index contributed by atoms with van der Waals surface area (Å²) >= 11 is 0. The van der Waals surface area contributed by atoms with Crippen molar-refractivity contribution in [1.29, 1.82) is 0 Å². The van der Waals surface area contributed by atoms with Gasteiger partial charge in [-0.15, -0.1) is 0 Å². The molecule has 0 aliphatic carbocycles. The number of hydrogen-bond donors (Lipinski definition) is 2. The minimum atomic E-state index is -2.38. The highest BCUT2D eigenvalue weighted by Crippen LogP contribution is 2.59. The molecule has 3 aromatic carbocycles. The number of halogens is 1. The summed E-state index contributed by atoms with van der Waals surface area (Å²) in [5.74, 6) is -0.368.